The molecule has 2 saturated heterocycles. The number of likely N-dealkylation sites (tertiary alicyclic amines) is 1. The van der Waals surface area contributed by atoms with Crippen molar-refractivity contribution in [2.45, 2.75) is 71.4 Å². The van der Waals surface area contributed by atoms with Gasteiger partial charge in [-0.15, -0.1) is 10.2 Å². The van der Waals surface area contributed by atoms with Crippen molar-refractivity contribution in [2.75, 3.05) is 25.4 Å². The molecule has 8 heteroatoms. The fraction of sp³-hybridized carbons (Fsp3) is 0.652. The van der Waals surface area contributed by atoms with E-state index in [0.29, 0.717) is 18.3 Å². The maximum Gasteiger partial charge on any atom is 0.234 e. The first-order valence-corrected chi connectivity index (χ1v) is 13.1. The van der Waals surface area contributed by atoms with Crippen LogP contribution in [-0.4, -0.2) is 53.2 Å². The number of hydrogen-bond donors (Lipinski definition) is 0. The molecule has 1 atom stereocenters. The van der Waals surface area contributed by atoms with Gasteiger partial charge >= 0.3 is 0 Å². The quantitative estimate of drug-likeness (QED) is 0.669. The van der Waals surface area contributed by atoms with Crippen LogP contribution in [0, 0.1) is 13.8 Å². The molecular weight excluding hydrogens is 412 g/mol. The molecule has 7 nitrogen and oxygen atoms in total. The standard InChI is InChI=1S/C23H34N4O3S/c1-4-31(28,29)27-12-6-5-7-21(27)23-25-24-22(30-23)20-10-13-26(14-11-20)16-19-9-8-17(2)18(3)15-19/h8-9,15,20-21H,4-7,10-14,16H2,1-3H3/t21-/m0/s1. The minimum Gasteiger partial charge on any atom is -0.423 e. The van der Waals surface area contributed by atoms with Crippen LogP contribution < -0.4 is 0 Å². The summed E-state index contributed by atoms with van der Waals surface area (Å²) in [5.74, 6) is 1.48. The molecule has 0 bridgehead atoms. The molecular formula is C23H34N4O3S. The van der Waals surface area contributed by atoms with E-state index in [-0.39, 0.29) is 17.7 Å². The zero-order valence-electron chi connectivity index (χ0n) is 18.9. The van der Waals surface area contributed by atoms with E-state index >= 15 is 0 Å². The van der Waals surface area contributed by atoms with Crippen molar-refractivity contribution in [3.8, 4) is 0 Å². The van der Waals surface area contributed by atoms with Crippen LogP contribution in [0.4, 0.5) is 0 Å². The molecule has 2 aliphatic rings. The summed E-state index contributed by atoms with van der Waals surface area (Å²) in [5, 5.41) is 8.61. The number of aromatic nitrogens is 2. The monoisotopic (exact) mass is 446 g/mol. The molecule has 2 fully saturated rings. The van der Waals surface area contributed by atoms with Crippen LogP contribution in [0.25, 0.3) is 0 Å². The Morgan fingerprint density at radius 2 is 1.74 bits per heavy atom. The van der Waals surface area contributed by atoms with Crippen LogP contribution >= 0.6 is 0 Å². The van der Waals surface area contributed by atoms with Gasteiger partial charge in [-0.05, 0) is 76.2 Å². The topological polar surface area (TPSA) is 79.5 Å². The van der Waals surface area contributed by atoms with E-state index in [0.717, 1.165) is 51.7 Å². The SMILES string of the molecule is CCS(=O)(=O)N1CCCC[C@H]1c1nnc(C2CCN(Cc3ccc(C)c(C)c3)CC2)o1. The first-order valence-electron chi connectivity index (χ1n) is 11.5. The number of sulfonamides is 1. The highest BCUT2D eigenvalue weighted by Crippen LogP contribution is 2.35. The number of nitrogens with zero attached hydrogens (tertiary/aromatic N) is 4. The maximum absolute atomic E-state index is 12.5. The lowest BCUT2D eigenvalue weighted by molar-refractivity contribution is 0.184. The number of aryl methyl sites for hydroxylation is 2. The molecule has 3 heterocycles. The first-order chi connectivity index (χ1) is 14.9. The van der Waals surface area contributed by atoms with E-state index in [1.807, 2.05) is 0 Å². The Bertz CT molecular complexity index is 996. The van der Waals surface area contributed by atoms with Gasteiger partial charge in [-0.2, -0.15) is 4.31 Å². The Balaban J connectivity index is 1.38. The molecule has 1 aromatic carbocycles. The van der Waals surface area contributed by atoms with Crippen molar-refractivity contribution in [2.24, 2.45) is 0 Å². The van der Waals surface area contributed by atoms with Gasteiger partial charge in [-0.1, -0.05) is 24.6 Å². The van der Waals surface area contributed by atoms with Crippen LogP contribution in [-0.2, 0) is 16.6 Å². The highest BCUT2D eigenvalue weighted by molar-refractivity contribution is 7.89. The van der Waals surface area contributed by atoms with Crippen molar-refractivity contribution in [3.63, 3.8) is 0 Å². The molecule has 0 aliphatic carbocycles. The highest BCUT2D eigenvalue weighted by Gasteiger charge is 2.36. The van der Waals surface area contributed by atoms with Gasteiger partial charge in [0.25, 0.3) is 0 Å². The lowest BCUT2D eigenvalue weighted by atomic mass is 9.96. The van der Waals surface area contributed by atoms with Crippen molar-refractivity contribution in [1.29, 1.82) is 0 Å². The normalized spacial score (nSPS) is 22.1. The van der Waals surface area contributed by atoms with E-state index in [4.69, 9.17) is 4.42 Å². The molecule has 1 aromatic heterocycles. The molecule has 0 N–H and O–H groups in total. The molecule has 170 valence electrons. The average Bonchev–Trinajstić information content (AvgIpc) is 3.27. The second-order valence-corrected chi connectivity index (χ2v) is 11.2. The van der Waals surface area contributed by atoms with Gasteiger partial charge in [0, 0.05) is 19.0 Å². The van der Waals surface area contributed by atoms with Gasteiger partial charge < -0.3 is 4.42 Å². The summed E-state index contributed by atoms with van der Waals surface area (Å²) in [7, 11) is -3.28. The Kier molecular flexibility index (Phi) is 6.79. The minimum absolute atomic E-state index is 0.101. The zero-order valence-corrected chi connectivity index (χ0v) is 19.7. The summed E-state index contributed by atoms with van der Waals surface area (Å²) in [5.41, 5.74) is 4.03. The van der Waals surface area contributed by atoms with E-state index < -0.39 is 10.0 Å². The fourth-order valence-electron chi connectivity index (χ4n) is 4.69. The zero-order chi connectivity index (χ0) is 22.0. The third-order valence-electron chi connectivity index (χ3n) is 6.83. The van der Waals surface area contributed by atoms with Crippen molar-refractivity contribution in [3.05, 3.63) is 46.7 Å². The molecule has 4 rings (SSSR count). The third-order valence-corrected chi connectivity index (χ3v) is 8.71. The lowest BCUT2D eigenvalue weighted by Gasteiger charge is -2.32. The Morgan fingerprint density at radius 1 is 1.00 bits per heavy atom. The van der Waals surface area contributed by atoms with Crippen molar-refractivity contribution >= 4 is 10.0 Å². The number of benzene rings is 1. The van der Waals surface area contributed by atoms with Crippen molar-refractivity contribution in [1.82, 2.24) is 19.4 Å². The number of rotatable bonds is 6. The summed E-state index contributed by atoms with van der Waals surface area (Å²) < 4.78 is 32.6. The minimum atomic E-state index is -3.28. The molecule has 0 unspecified atom stereocenters. The van der Waals surface area contributed by atoms with E-state index in [2.05, 4.69) is 47.1 Å². The van der Waals surface area contributed by atoms with Crippen molar-refractivity contribution < 1.29 is 12.8 Å². The molecule has 2 aliphatic heterocycles. The van der Waals surface area contributed by atoms with Crippen LogP contribution in [0.2, 0.25) is 0 Å². The smallest absolute Gasteiger partial charge is 0.234 e. The molecule has 31 heavy (non-hydrogen) atoms. The lowest BCUT2D eigenvalue weighted by Crippen LogP contribution is -2.39. The Hall–Kier alpha value is -1.77. The van der Waals surface area contributed by atoms with Gasteiger partial charge in [0.2, 0.25) is 21.8 Å². The number of hydrogen-bond acceptors (Lipinski definition) is 6. The second kappa shape index (κ2) is 9.38. The largest absolute Gasteiger partial charge is 0.423 e. The van der Waals surface area contributed by atoms with Crippen LogP contribution in [0.1, 0.15) is 79.5 Å². The summed E-state index contributed by atoms with van der Waals surface area (Å²) in [4.78, 5) is 2.48. The van der Waals surface area contributed by atoms with E-state index in [9.17, 15) is 8.42 Å². The predicted molar refractivity (Wildman–Crippen MR) is 120 cm³/mol. The van der Waals surface area contributed by atoms with Gasteiger partial charge in [0.05, 0.1) is 5.75 Å². The molecule has 0 radical (unpaired) electrons. The van der Waals surface area contributed by atoms with E-state index in [1.165, 1.54) is 16.7 Å². The summed E-state index contributed by atoms with van der Waals surface area (Å²) in [6.07, 6.45) is 4.57. The molecule has 0 amide bonds. The second-order valence-electron chi connectivity index (χ2n) is 8.97. The highest BCUT2D eigenvalue weighted by atomic mass is 32.2. The molecule has 2 aromatic rings. The molecule has 0 saturated carbocycles. The maximum atomic E-state index is 12.5. The third kappa shape index (κ3) is 5.02. The summed E-state index contributed by atoms with van der Waals surface area (Å²) >= 11 is 0. The molecule has 0 spiro atoms. The average molecular weight is 447 g/mol. The van der Waals surface area contributed by atoms with Gasteiger partial charge in [0.15, 0.2) is 0 Å². The Morgan fingerprint density at radius 3 is 2.45 bits per heavy atom. The number of piperidine rings is 2. The van der Waals surface area contributed by atoms with Gasteiger partial charge in [-0.3, -0.25) is 4.90 Å². The van der Waals surface area contributed by atoms with Crippen LogP contribution in [0.15, 0.2) is 22.6 Å². The van der Waals surface area contributed by atoms with Crippen LogP contribution in [0.5, 0.6) is 0 Å². The predicted octanol–water partition coefficient (Wildman–Crippen LogP) is 3.94. The Labute approximate surface area is 185 Å². The van der Waals surface area contributed by atoms with Crippen LogP contribution in [0.3, 0.4) is 0 Å². The first kappa shape index (κ1) is 22.4. The van der Waals surface area contributed by atoms with E-state index in [1.54, 1.807) is 11.2 Å². The fourth-order valence-corrected chi connectivity index (χ4v) is 6.02. The van der Waals surface area contributed by atoms with Gasteiger partial charge in [-0.25, -0.2) is 8.42 Å². The van der Waals surface area contributed by atoms with Gasteiger partial charge in [0.1, 0.15) is 6.04 Å². The summed E-state index contributed by atoms with van der Waals surface area (Å²) in [6, 6.07) is 6.39. The summed E-state index contributed by atoms with van der Waals surface area (Å²) in [6.45, 7) is 9.49.